The van der Waals surface area contributed by atoms with Crippen LogP contribution in [-0.4, -0.2) is 43.2 Å². The number of hydrogen-bond donors (Lipinski definition) is 3. The third-order valence-electron chi connectivity index (χ3n) is 6.73. The molecule has 8 nitrogen and oxygen atoms in total. The van der Waals surface area contributed by atoms with Crippen molar-refractivity contribution in [3.05, 3.63) is 35.3 Å². The Bertz CT molecular complexity index is 1380. The molecule has 2 heterocycles. The summed E-state index contributed by atoms with van der Waals surface area (Å²) in [6.45, 7) is 0.906. The van der Waals surface area contributed by atoms with Crippen LogP contribution in [0.15, 0.2) is 23.4 Å². The number of anilines is 1. The van der Waals surface area contributed by atoms with E-state index in [1.807, 2.05) is 0 Å². The predicted molar refractivity (Wildman–Crippen MR) is 118 cm³/mol. The van der Waals surface area contributed by atoms with Gasteiger partial charge in [0.15, 0.2) is 0 Å². The molecule has 2 unspecified atom stereocenters. The number of nitrogens with zero attached hydrogens (tertiary/aromatic N) is 3. The number of amides is 1. The zero-order valence-electron chi connectivity index (χ0n) is 20.2. The minimum absolute atomic E-state index is 0.228. The summed E-state index contributed by atoms with van der Waals surface area (Å²) in [5.41, 5.74) is -4.75. The Morgan fingerprint density at radius 3 is 2.42 bits per heavy atom. The molecule has 2 fully saturated rings. The van der Waals surface area contributed by atoms with Crippen LogP contribution < -0.4 is 10.0 Å². The highest BCUT2D eigenvalue weighted by Gasteiger charge is 2.55. The molecule has 2 aromatic rings. The SMILES string of the molecule is CC1(Cn2nc(C3CCC(F)(F)C3)c(C(F)(F)F)c2C(=O)Nc2cc[n+](O)c(S(C)(=N)=O)c2)CC(F)(F)C1. The maximum absolute atomic E-state index is 14.4. The van der Waals surface area contributed by atoms with E-state index in [0.29, 0.717) is 9.41 Å². The molecule has 0 spiro atoms. The van der Waals surface area contributed by atoms with E-state index >= 15 is 0 Å². The van der Waals surface area contributed by atoms with Gasteiger partial charge in [0.05, 0.1) is 11.4 Å². The monoisotopic (exact) mass is 572 g/mol. The van der Waals surface area contributed by atoms with Gasteiger partial charge in [0, 0.05) is 61.3 Å². The summed E-state index contributed by atoms with van der Waals surface area (Å²) < 4.78 is 119. The van der Waals surface area contributed by atoms with Crippen molar-refractivity contribution in [2.24, 2.45) is 5.41 Å². The predicted octanol–water partition coefficient (Wildman–Crippen LogP) is 5.05. The van der Waals surface area contributed by atoms with Gasteiger partial charge < -0.3 is 5.32 Å². The molecule has 2 aliphatic carbocycles. The minimum atomic E-state index is -5.20. The van der Waals surface area contributed by atoms with Crippen LogP contribution in [0.1, 0.15) is 66.7 Å². The molecule has 38 heavy (non-hydrogen) atoms. The highest BCUT2D eigenvalue weighted by atomic mass is 32.2. The fraction of sp³-hybridized carbons (Fsp3) is 0.591. The lowest BCUT2D eigenvalue weighted by molar-refractivity contribution is -0.932. The molecule has 0 radical (unpaired) electrons. The molecule has 2 atom stereocenters. The Labute approximate surface area is 212 Å². The maximum Gasteiger partial charge on any atom is 0.420 e. The molecular formula is C22H25F7N5O3S+. The Morgan fingerprint density at radius 2 is 1.92 bits per heavy atom. The standard InChI is InChI=1S/C22H24F7N5O3S/c1-19(9-21(25,26)10-19)11-33-17(18(35)31-13-4-6-34(36)14(7-13)38(2,30)37)15(22(27,28)29)16(32-33)12-3-5-20(23,24)8-12/h4,6-7,12,30,36H,3,5,8-11H2,1-2H3/p+1. The number of hydrogen-bond acceptors (Lipinski definition) is 5. The van der Waals surface area contributed by atoms with Gasteiger partial charge in [-0.1, -0.05) is 6.92 Å². The lowest BCUT2D eigenvalue weighted by atomic mass is 9.67. The van der Waals surface area contributed by atoms with Crippen molar-refractivity contribution in [2.45, 2.75) is 74.5 Å². The van der Waals surface area contributed by atoms with Crippen molar-refractivity contribution in [2.75, 3.05) is 11.6 Å². The molecule has 2 aromatic heterocycles. The van der Waals surface area contributed by atoms with Gasteiger partial charge in [-0.25, -0.2) is 26.6 Å². The van der Waals surface area contributed by atoms with Gasteiger partial charge in [-0.2, -0.15) is 18.3 Å². The normalized spacial score (nSPS) is 23.4. The first kappa shape index (κ1) is 28.1. The summed E-state index contributed by atoms with van der Waals surface area (Å²) >= 11 is 0. The van der Waals surface area contributed by atoms with Crippen molar-refractivity contribution in [1.82, 2.24) is 9.78 Å². The van der Waals surface area contributed by atoms with Crippen LogP contribution >= 0.6 is 0 Å². The molecule has 16 heteroatoms. The van der Waals surface area contributed by atoms with Gasteiger partial charge in [-0.15, -0.1) is 0 Å². The largest absolute Gasteiger partial charge is 0.420 e. The van der Waals surface area contributed by atoms with Crippen molar-refractivity contribution < 1.29 is 49.7 Å². The third kappa shape index (κ3) is 5.59. The van der Waals surface area contributed by atoms with E-state index in [9.17, 15) is 44.9 Å². The van der Waals surface area contributed by atoms with Gasteiger partial charge in [0.2, 0.25) is 18.0 Å². The highest BCUT2D eigenvalue weighted by molar-refractivity contribution is 7.91. The van der Waals surface area contributed by atoms with Crippen LogP contribution in [-0.2, 0) is 22.5 Å². The van der Waals surface area contributed by atoms with Crippen molar-refractivity contribution in [1.29, 1.82) is 4.78 Å². The number of nitrogens with one attached hydrogen (secondary N) is 2. The Morgan fingerprint density at radius 1 is 1.29 bits per heavy atom. The van der Waals surface area contributed by atoms with E-state index in [-0.39, 0.29) is 12.1 Å². The fourth-order valence-corrected chi connectivity index (χ4v) is 6.04. The molecule has 0 bridgehead atoms. The second-order valence-corrected chi connectivity index (χ2v) is 12.6. The van der Waals surface area contributed by atoms with Crippen LogP contribution in [0.3, 0.4) is 0 Å². The summed E-state index contributed by atoms with van der Waals surface area (Å²) in [5, 5.41) is 15.4. The lowest BCUT2D eigenvalue weighted by Gasteiger charge is -2.44. The van der Waals surface area contributed by atoms with Gasteiger partial charge in [0.25, 0.3) is 5.91 Å². The zero-order valence-corrected chi connectivity index (χ0v) is 21.0. The molecule has 2 saturated carbocycles. The molecule has 0 saturated heterocycles. The van der Waals surface area contributed by atoms with E-state index in [0.717, 1.165) is 24.6 Å². The van der Waals surface area contributed by atoms with Crippen molar-refractivity contribution in [3.8, 4) is 0 Å². The summed E-state index contributed by atoms with van der Waals surface area (Å²) in [5.74, 6) is -8.93. The molecule has 3 N–H and O–H groups in total. The fourth-order valence-electron chi connectivity index (χ4n) is 5.28. The average molecular weight is 573 g/mol. The number of halogens is 7. The van der Waals surface area contributed by atoms with E-state index < -0.39 is 99.2 Å². The first-order valence-electron chi connectivity index (χ1n) is 11.4. The van der Waals surface area contributed by atoms with E-state index in [1.165, 1.54) is 6.92 Å². The molecule has 4 rings (SSSR count). The number of aromatic nitrogens is 3. The van der Waals surface area contributed by atoms with E-state index in [1.54, 1.807) is 0 Å². The molecule has 1 amide bonds. The first-order chi connectivity index (χ1) is 17.2. The molecular weight excluding hydrogens is 547 g/mol. The van der Waals surface area contributed by atoms with E-state index in [2.05, 4.69) is 10.4 Å². The number of carbonyl (C=O) groups excluding carboxylic acids is 1. The van der Waals surface area contributed by atoms with Crippen LogP contribution in [0.4, 0.5) is 36.4 Å². The smallest absolute Gasteiger partial charge is 0.320 e. The van der Waals surface area contributed by atoms with Crippen LogP contribution in [0.2, 0.25) is 0 Å². The topological polar surface area (TPSA) is 112 Å². The molecule has 210 valence electrons. The maximum atomic E-state index is 14.4. The third-order valence-corrected chi connectivity index (χ3v) is 7.83. The zero-order chi connectivity index (χ0) is 28.5. The van der Waals surface area contributed by atoms with Gasteiger partial charge in [-0.3, -0.25) is 14.7 Å². The number of rotatable bonds is 6. The average Bonchev–Trinajstić information content (AvgIpc) is 3.26. The summed E-state index contributed by atoms with van der Waals surface area (Å²) in [6, 6.07) is 1.99. The molecule has 0 aliphatic heterocycles. The summed E-state index contributed by atoms with van der Waals surface area (Å²) in [7, 11) is -3.52. The second kappa shape index (κ2) is 8.81. The van der Waals surface area contributed by atoms with Gasteiger partial charge in [0.1, 0.15) is 21.0 Å². The highest BCUT2D eigenvalue weighted by Crippen LogP contribution is 2.53. The Hall–Kier alpha value is -2.91. The minimum Gasteiger partial charge on any atom is -0.320 e. The van der Waals surface area contributed by atoms with Gasteiger partial charge >= 0.3 is 11.2 Å². The summed E-state index contributed by atoms with van der Waals surface area (Å²) in [6.07, 6.45) is -6.52. The molecule has 0 aromatic carbocycles. The quantitative estimate of drug-likeness (QED) is 0.256. The Balaban J connectivity index is 1.81. The van der Waals surface area contributed by atoms with Crippen LogP contribution in [0, 0.1) is 10.2 Å². The number of alkyl halides is 7. The van der Waals surface area contributed by atoms with Crippen LogP contribution in [0.5, 0.6) is 0 Å². The molecule has 2 aliphatic rings. The Kier molecular flexibility index (Phi) is 6.52. The van der Waals surface area contributed by atoms with Crippen molar-refractivity contribution in [3.63, 3.8) is 0 Å². The van der Waals surface area contributed by atoms with Crippen LogP contribution in [0.25, 0.3) is 0 Å². The number of pyridine rings is 1. The summed E-state index contributed by atoms with van der Waals surface area (Å²) in [4.78, 5) is 13.3. The van der Waals surface area contributed by atoms with Gasteiger partial charge in [-0.05, 0) is 11.8 Å². The lowest BCUT2D eigenvalue weighted by Crippen LogP contribution is -2.47. The second-order valence-electron chi connectivity index (χ2n) is 10.5. The first-order valence-corrected chi connectivity index (χ1v) is 13.4. The number of carbonyl (C=O) groups is 1. The van der Waals surface area contributed by atoms with E-state index in [4.69, 9.17) is 4.78 Å². The van der Waals surface area contributed by atoms with Crippen molar-refractivity contribution >= 4 is 21.3 Å².